The van der Waals surface area contributed by atoms with Gasteiger partial charge < -0.3 is 20.4 Å². The van der Waals surface area contributed by atoms with Gasteiger partial charge in [-0.05, 0) is 65.1 Å². The summed E-state index contributed by atoms with van der Waals surface area (Å²) in [6.45, 7) is 1.62. The fraction of sp³-hybridized carbons (Fsp3) is 0.0435. The van der Waals surface area contributed by atoms with Gasteiger partial charge in [0, 0.05) is 0 Å². The van der Waals surface area contributed by atoms with E-state index in [9.17, 15) is 39.6 Å². The van der Waals surface area contributed by atoms with Gasteiger partial charge in [0.05, 0.1) is 5.56 Å². The van der Waals surface area contributed by atoms with Gasteiger partial charge in [-0.1, -0.05) is 24.3 Å². The van der Waals surface area contributed by atoms with Crippen molar-refractivity contribution in [2.75, 3.05) is 0 Å². The molecule has 0 fully saturated rings. The van der Waals surface area contributed by atoms with Crippen molar-refractivity contribution in [1.82, 2.24) is 0 Å². The highest BCUT2D eigenvalue weighted by atomic mass is 16.4. The number of rotatable bonds is 5. The molecule has 1 aliphatic carbocycles. The lowest BCUT2D eigenvalue weighted by Gasteiger charge is -2.16. The third-order valence-electron chi connectivity index (χ3n) is 4.77. The largest absolute Gasteiger partial charge is 0.507 e. The zero-order chi connectivity index (χ0) is 22.9. The van der Waals surface area contributed by atoms with E-state index < -0.39 is 35.0 Å². The summed E-state index contributed by atoms with van der Waals surface area (Å²) in [6, 6.07) is 8.34. The monoisotopic (exact) mass is 420 g/mol. The minimum atomic E-state index is -1.43. The number of aryl methyl sites for hydroxylation is 1. The highest BCUT2D eigenvalue weighted by Gasteiger charge is 2.22. The Hall–Kier alpha value is -4.46. The number of carbonyl (C=O) groups is 4. The van der Waals surface area contributed by atoms with Crippen LogP contribution in [-0.2, 0) is 9.59 Å². The molecule has 0 amide bonds. The van der Waals surface area contributed by atoms with E-state index in [0.29, 0.717) is 16.7 Å². The van der Waals surface area contributed by atoms with E-state index in [2.05, 4.69) is 0 Å². The molecule has 0 radical (unpaired) electrons. The van der Waals surface area contributed by atoms with Crippen LogP contribution in [0.1, 0.15) is 37.4 Å². The van der Waals surface area contributed by atoms with Crippen molar-refractivity contribution in [1.29, 1.82) is 0 Å². The number of aliphatic carboxylic acids is 1. The Kier molecular flexibility index (Phi) is 5.56. The Balaban J connectivity index is 2.38. The molecule has 2 aromatic rings. The first-order chi connectivity index (χ1) is 14.6. The molecule has 4 N–H and O–H groups in total. The van der Waals surface area contributed by atoms with E-state index in [1.54, 1.807) is 19.1 Å². The van der Waals surface area contributed by atoms with Crippen molar-refractivity contribution in [2.24, 2.45) is 0 Å². The molecule has 0 aliphatic heterocycles. The summed E-state index contributed by atoms with van der Waals surface area (Å²) in [6.07, 6.45) is 3.59. The van der Waals surface area contributed by atoms with Gasteiger partial charge in [-0.25, -0.2) is 14.4 Å². The summed E-state index contributed by atoms with van der Waals surface area (Å²) in [5.74, 6) is -5.15. The smallest absolute Gasteiger partial charge is 0.339 e. The number of hydrogen-bond donors (Lipinski definition) is 4. The van der Waals surface area contributed by atoms with Crippen molar-refractivity contribution in [2.45, 2.75) is 6.92 Å². The Bertz CT molecular complexity index is 1180. The molecule has 0 unspecified atom stereocenters. The van der Waals surface area contributed by atoms with Crippen LogP contribution in [0.4, 0.5) is 0 Å². The van der Waals surface area contributed by atoms with Gasteiger partial charge in [-0.2, -0.15) is 0 Å². The SMILES string of the molecule is Cc1ccc(/C(=C2/C=CC(=O)C(C(=O)O)=C2)c2ccc(O)c(C(=O)O)c2)cc1C(=O)O. The van der Waals surface area contributed by atoms with Crippen LogP contribution in [0.2, 0.25) is 0 Å². The summed E-state index contributed by atoms with van der Waals surface area (Å²) < 4.78 is 0. The van der Waals surface area contributed by atoms with Crippen molar-refractivity contribution in [3.8, 4) is 5.75 Å². The zero-order valence-corrected chi connectivity index (χ0v) is 16.1. The summed E-state index contributed by atoms with van der Waals surface area (Å²) in [5, 5.41) is 38.0. The Morgan fingerprint density at radius 1 is 0.774 bits per heavy atom. The highest BCUT2D eigenvalue weighted by molar-refractivity contribution is 6.23. The molecule has 8 heteroatoms. The van der Waals surface area contributed by atoms with Crippen LogP contribution < -0.4 is 0 Å². The fourth-order valence-corrected chi connectivity index (χ4v) is 3.22. The van der Waals surface area contributed by atoms with Gasteiger partial charge in [0.1, 0.15) is 16.9 Å². The lowest BCUT2D eigenvalue weighted by atomic mass is 9.87. The lowest BCUT2D eigenvalue weighted by molar-refractivity contribution is -0.134. The number of ketones is 1. The molecular formula is C23H16O8. The summed E-state index contributed by atoms with van der Waals surface area (Å²) in [7, 11) is 0. The Morgan fingerprint density at radius 3 is 1.94 bits per heavy atom. The van der Waals surface area contributed by atoms with E-state index >= 15 is 0 Å². The first-order valence-electron chi connectivity index (χ1n) is 8.93. The van der Waals surface area contributed by atoms with Crippen LogP contribution in [-0.4, -0.2) is 44.1 Å². The van der Waals surface area contributed by atoms with E-state index in [1.165, 1.54) is 30.3 Å². The van der Waals surface area contributed by atoms with E-state index in [0.717, 1.165) is 12.2 Å². The summed E-state index contributed by atoms with van der Waals surface area (Å²) in [5.41, 5.74) is 0.828. The first-order valence-corrected chi connectivity index (χ1v) is 8.93. The maximum absolute atomic E-state index is 11.9. The molecule has 0 heterocycles. The first kappa shape index (κ1) is 21.3. The van der Waals surface area contributed by atoms with Gasteiger partial charge >= 0.3 is 17.9 Å². The fourth-order valence-electron chi connectivity index (χ4n) is 3.22. The molecule has 0 aromatic heterocycles. The molecule has 8 nitrogen and oxygen atoms in total. The van der Waals surface area contributed by atoms with Crippen LogP contribution in [0.3, 0.4) is 0 Å². The van der Waals surface area contributed by atoms with Crippen LogP contribution >= 0.6 is 0 Å². The number of carboxylic acid groups (broad SMARTS) is 3. The molecule has 3 rings (SSSR count). The number of phenols is 1. The lowest BCUT2D eigenvalue weighted by Crippen LogP contribution is -2.13. The van der Waals surface area contributed by atoms with E-state index in [1.807, 2.05) is 0 Å². The average Bonchev–Trinajstić information content (AvgIpc) is 2.71. The van der Waals surface area contributed by atoms with Crippen LogP contribution in [0.5, 0.6) is 5.75 Å². The minimum absolute atomic E-state index is 0.00568. The van der Waals surface area contributed by atoms with E-state index in [-0.39, 0.29) is 22.3 Å². The second-order valence-electron chi connectivity index (χ2n) is 6.76. The van der Waals surface area contributed by atoms with Crippen LogP contribution in [0.15, 0.2) is 65.8 Å². The summed E-state index contributed by atoms with van der Waals surface area (Å²) >= 11 is 0. The quantitative estimate of drug-likeness (QED) is 0.539. The van der Waals surface area contributed by atoms with Crippen molar-refractivity contribution in [3.05, 3.63) is 93.6 Å². The highest BCUT2D eigenvalue weighted by Crippen LogP contribution is 2.34. The number of aromatic hydroxyl groups is 1. The molecule has 0 bridgehead atoms. The van der Waals surface area contributed by atoms with Crippen molar-refractivity contribution < 1.29 is 39.6 Å². The van der Waals surface area contributed by atoms with Crippen LogP contribution in [0.25, 0.3) is 5.57 Å². The molecule has 0 saturated carbocycles. The van der Waals surface area contributed by atoms with Gasteiger partial charge in [0.2, 0.25) is 0 Å². The predicted molar refractivity (Wildman–Crippen MR) is 109 cm³/mol. The van der Waals surface area contributed by atoms with Gasteiger partial charge in [-0.15, -0.1) is 0 Å². The summed E-state index contributed by atoms with van der Waals surface area (Å²) in [4.78, 5) is 46.4. The predicted octanol–water partition coefficient (Wildman–Crippen LogP) is 3.05. The number of benzene rings is 2. The second kappa shape index (κ2) is 8.11. The molecule has 0 saturated heterocycles. The van der Waals surface area contributed by atoms with Gasteiger partial charge in [0.25, 0.3) is 0 Å². The second-order valence-corrected chi connectivity index (χ2v) is 6.76. The number of carbonyl (C=O) groups excluding carboxylic acids is 1. The molecular weight excluding hydrogens is 404 g/mol. The number of allylic oxidation sites excluding steroid dienone is 4. The van der Waals surface area contributed by atoms with E-state index in [4.69, 9.17) is 0 Å². The maximum Gasteiger partial charge on any atom is 0.339 e. The molecule has 2 aromatic carbocycles. The Morgan fingerprint density at radius 2 is 1.35 bits per heavy atom. The molecule has 31 heavy (non-hydrogen) atoms. The van der Waals surface area contributed by atoms with Crippen LogP contribution in [0, 0.1) is 6.92 Å². The zero-order valence-electron chi connectivity index (χ0n) is 16.1. The molecule has 1 aliphatic rings. The van der Waals surface area contributed by atoms with Crippen molar-refractivity contribution in [3.63, 3.8) is 0 Å². The van der Waals surface area contributed by atoms with Crippen molar-refractivity contribution >= 4 is 29.3 Å². The maximum atomic E-state index is 11.9. The van der Waals surface area contributed by atoms with Gasteiger partial charge in [-0.3, -0.25) is 4.79 Å². The molecule has 0 atom stereocenters. The number of aromatic carboxylic acids is 2. The Labute approximate surface area is 175 Å². The topological polar surface area (TPSA) is 149 Å². The van der Waals surface area contributed by atoms with Gasteiger partial charge in [0.15, 0.2) is 5.78 Å². The standard InChI is InChI=1S/C23H16O8/c1-11-2-3-12(8-15(11)21(26)27)20(13-4-6-18(24)16(9-13)22(28)29)14-5-7-19(25)17(10-14)23(30)31/h2-10,24H,1H3,(H,26,27)(H,28,29)(H,30,31)/b20-14+. The minimum Gasteiger partial charge on any atom is -0.507 e. The molecule has 0 spiro atoms. The number of hydrogen-bond acceptors (Lipinski definition) is 5. The third-order valence-corrected chi connectivity index (χ3v) is 4.77. The average molecular weight is 420 g/mol. The normalized spacial score (nSPS) is 14.7. The third kappa shape index (κ3) is 4.13. The number of carboxylic acids is 3. The molecule has 156 valence electrons.